The maximum Gasteiger partial charge on any atom is 0.312 e. The van der Waals surface area contributed by atoms with E-state index in [1.807, 2.05) is 18.7 Å². The lowest BCUT2D eigenvalue weighted by Crippen LogP contribution is -2.40. The van der Waals surface area contributed by atoms with Gasteiger partial charge in [-0.3, -0.25) is 9.59 Å². The fourth-order valence-corrected chi connectivity index (χ4v) is 7.89. The monoisotopic (exact) mass is 322 g/mol. The van der Waals surface area contributed by atoms with Gasteiger partial charge < -0.3 is 9.47 Å². The van der Waals surface area contributed by atoms with E-state index in [4.69, 9.17) is 9.47 Å². The lowest BCUT2D eigenvalue weighted by molar-refractivity contribution is -0.148. The van der Waals surface area contributed by atoms with Gasteiger partial charge in [-0.2, -0.15) is 0 Å². The maximum atomic E-state index is 12.2. The van der Waals surface area contributed by atoms with Crippen molar-refractivity contribution in [2.24, 2.45) is 29.1 Å². The molecule has 9 atom stereocenters. The first kappa shape index (κ1) is 13.7. The highest BCUT2D eigenvalue weighted by Crippen LogP contribution is 2.62. The van der Waals surface area contributed by atoms with Gasteiger partial charge in [-0.1, -0.05) is 6.92 Å². The molecule has 5 rings (SSSR count). The summed E-state index contributed by atoms with van der Waals surface area (Å²) in [6.45, 7) is 4.28. The number of thioether (sulfide) groups is 1. The molecule has 22 heavy (non-hydrogen) atoms. The highest BCUT2D eigenvalue weighted by Gasteiger charge is 2.66. The predicted molar refractivity (Wildman–Crippen MR) is 81.1 cm³/mol. The van der Waals surface area contributed by atoms with Crippen molar-refractivity contribution >= 4 is 23.7 Å². The van der Waals surface area contributed by atoms with Crippen LogP contribution in [0.2, 0.25) is 0 Å². The molecule has 0 aromatic rings. The summed E-state index contributed by atoms with van der Waals surface area (Å²) in [5.74, 6) is 1.46. The van der Waals surface area contributed by atoms with Crippen LogP contribution in [0, 0.1) is 29.1 Å². The van der Waals surface area contributed by atoms with Crippen LogP contribution in [0.4, 0.5) is 0 Å². The van der Waals surface area contributed by atoms with Gasteiger partial charge in [0.15, 0.2) is 0 Å². The third-order valence-corrected chi connectivity index (χ3v) is 8.98. The van der Waals surface area contributed by atoms with Crippen molar-refractivity contribution in [2.45, 2.75) is 62.2 Å². The van der Waals surface area contributed by atoms with Gasteiger partial charge in [0.05, 0.1) is 16.6 Å². The molecule has 5 fully saturated rings. The number of fused-ring (bicyclic) bond motifs is 3. The summed E-state index contributed by atoms with van der Waals surface area (Å²) < 4.78 is 11.3. The van der Waals surface area contributed by atoms with Crippen LogP contribution in [0.15, 0.2) is 0 Å². The molecule has 5 unspecified atom stereocenters. The van der Waals surface area contributed by atoms with Crippen LogP contribution < -0.4 is 0 Å². The highest BCUT2D eigenvalue weighted by molar-refractivity contribution is 8.01. The molecule has 1 aliphatic carbocycles. The molecular formula is C17H22O4S. The van der Waals surface area contributed by atoms with E-state index in [0.29, 0.717) is 28.3 Å². The van der Waals surface area contributed by atoms with Crippen molar-refractivity contribution in [3.63, 3.8) is 0 Å². The van der Waals surface area contributed by atoms with Gasteiger partial charge in [-0.15, -0.1) is 11.8 Å². The molecule has 0 aromatic carbocycles. The largest absolute Gasteiger partial charge is 0.462 e. The molecule has 4 heterocycles. The van der Waals surface area contributed by atoms with Gasteiger partial charge in [-0.05, 0) is 38.0 Å². The zero-order valence-electron chi connectivity index (χ0n) is 13.0. The van der Waals surface area contributed by atoms with Gasteiger partial charge in [0.25, 0.3) is 0 Å². The summed E-state index contributed by atoms with van der Waals surface area (Å²) >= 11 is 1.98. The molecule has 4 nitrogen and oxygen atoms in total. The summed E-state index contributed by atoms with van der Waals surface area (Å²) in [5, 5.41) is 0.939. The molecule has 0 spiro atoms. The van der Waals surface area contributed by atoms with E-state index < -0.39 is 0 Å². The Morgan fingerprint density at radius 1 is 1.27 bits per heavy atom. The van der Waals surface area contributed by atoms with Gasteiger partial charge >= 0.3 is 11.9 Å². The second kappa shape index (κ2) is 4.22. The molecule has 1 saturated carbocycles. The van der Waals surface area contributed by atoms with Gasteiger partial charge in [0.1, 0.15) is 12.2 Å². The van der Waals surface area contributed by atoms with E-state index >= 15 is 0 Å². The number of ether oxygens (including phenoxy) is 2. The predicted octanol–water partition coefficient (Wildman–Crippen LogP) is 2.40. The van der Waals surface area contributed by atoms with Crippen molar-refractivity contribution in [1.82, 2.24) is 0 Å². The molecule has 0 N–H and O–H groups in total. The second-order valence-corrected chi connectivity index (χ2v) is 9.62. The van der Waals surface area contributed by atoms with E-state index in [9.17, 15) is 9.59 Å². The minimum atomic E-state index is -0.241. The number of esters is 2. The zero-order valence-corrected chi connectivity index (χ0v) is 13.8. The smallest absolute Gasteiger partial charge is 0.312 e. The summed E-state index contributed by atoms with van der Waals surface area (Å²) in [6.07, 6.45) is 4.14. The summed E-state index contributed by atoms with van der Waals surface area (Å²) in [5.41, 5.74) is -0.241. The van der Waals surface area contributed by atoms with Crippen LogP contribution >= 0.6 is 11.8 Å². The standard InChI is InChI=1S/C17H22O4S/c1-7-12-14-11(15(18)21-12)9(13(7)22-14)5-8-3-4-17(2)6-10(8)20-16(17)19/h7-14H,3-6H2,1-2H3/t7-,8-,9+,10?,11?,12?,13?,14?,17+/m0/s1. The van der Waals surface area contributed by atoms with Crippen LogP contribution in [0.1, 0.15) is 39.5 Å². The van der Waals surface area contributed by atoms with Crippen molar-refractivity contribution in [2.75, 3.05) is 0 Å². The Hall–Kier alpha value is -0.710. The third kappa shape index (κ3) is 1.56. The molecule has 120 valence electrons. The average molecular weight is 322 g/mol. The molecule has 4 aliphatic heterocycles. The third-order valence-electron chi connectivity index (χ3n) is 7.01. The number of carbonyl (C=O) groups excluding carboxylic acids is 2. The number of rotatable bonds is 2. The molecule has 4 saturated heterocycles. The second-order valence-electron chi connectivity index (χ2n) is 8.26. The molecule has 0 aromatic heterocycles. The quantitative estimate of drug-likeness (QED) is 0.731. The lowest BCUT2D eigenvalue weighted by Gasteiger charge is -2.35. The van der Waals surface area contributed by atoms with Crippen LogP contribution in [0.25, 0.3) is 0 Å². The molecule has 4 bridgehead atoms. The fraction of sp³-hybridized carbons (Fsp3) is 0.882. The first-order valence-corrected chi connectivity index (χ1v) is 9.49. The zero-order chi connectivity index (χ0) is 15.2. The minimum Gasteiger partial charge on any atom is -0.462 e. The van der Waals surface area contributed by atoms with E-state index in [1.54, 1.807) is 0 Å². The SMILES string of the molecule is C[C@H]1C2OC(=O)C3C2SC1[C@@H]3C[C@@H]1CC[C@]2(C)CC1OC2=O. The summed E-state index contributed by atoms with van der Waals surface area (Å²) in [6, 6.07) is 0. The number of hydrogen-bond donors (Lipinski definition) is 0. The van der Waals surface area contributed by atoms with Gasteiger partial charge in [0.2, 0.25) is 0 Å². The minimum absolute atomic E-state index is 0.00368. The molecule has 5 heteroatoms. The lowest BCUT2D eigenvalue weighted by atomic mass is 9.66. The highest BCUT2D eigenvalue weighted by atomic mass is 32.2. The normalized spacial score (nSPS) is 58.1. The Bertz CT molecular complexity index is 563. The Morgan fingerprint density at radius 3 is 2.91 bits per heavy atom. The van der Waals surface area contributed by atoms with Crippen molar-refractivity contribution in [1.29, 1.82) is 0 Å². The molecule has 0 radical (unpaired) electrons. The van der Waals surface area contributed by atoms with Crippen molar-refractivity contribution < 1.29 is 19.1 Å². The Labute approximate surface area is 134 Å². The summed E-state index contributed by atoms with van der Waals surface area (Å²) in [7, 11) is 0. The average Bonchev–Trinajstić information content (AvgIpc) is 3.12. The van der Waals surface area contributed by atoms with E-state index in [0.717, 1.165) is 25.7 Å². The Morgan fingerprint density at radius 2 is 2.09 bits per heavy atom. The van der Waals surface area contributed by atoms with E-state index in [1.165, 1.54) is 0 Å². The van der Waals surface area contributed by atoms with Crippen LogP contribution in [-0.2, 0) is 19.1 Å². The first-order valence-electron chi connectivity index (χ1n) is 8.55. The van der Waals surface area contributed by atoms with Crippen LogP contribution in [0.3, 0.4) is 0 Å². The maximum absolute atomic E-state index is 12.2. The topological polar surface area (TPSA) is 52.6 Å². The van der Waals surface area contributed by atoms with E-state index in [-0.39, 0.29) is 35.5 Å². The molecular weight excluding hydrogens is 300 g/mol. The number of carbonyl (C=O) groups is 2. The first-order chi connectivity index (χ1) is 10.5. The Kier molecular flexibility index (Phi) is 2.63. The van der Waals surface area contributed by atoms with Crippen LogP contribution in [-0.4, -0.2) is 34.6 Å². The fourth-order valence-electron chi connectivity index (χ4n) is 5.70. The number of hydrogen-bond acceptors (Lipinski definition) is 5. The van der Waals surface area contributed by atoms with Crippen molar-refractivity contribution in [3.05, 3.63) is 0 Å². The molecule has 0 amide bonds. The van der Waals surface area contributed by atoms with Crippen molar-refractivity contribution in [3.8, 4) is 0 Å². The summed E-state index contributed by atoms with van der Waals surface area (Å²) in [4.78, 5) is 24.3. The molecule has 5 aliphatic rings. The van der Waals surface area contributed by atoms with Gasteiger partial charge in [0, 0.05) is 17.6 Å². The van der Waals surface area contributed by atoms with Gasteiger partial charge in [-0.25, -0.2) is 0 Å². The van der Waals surface area contributed by atoms with E-state index in [2.05, 4.69) is 6.92 Å². The van der Waals surface area contributed by atoms with Crippen LogP contribution in [0.5, 0.6) is 0 Å². The Balaban J connectivity index is 1.37.